The third-order valence-corrected chi connectivity index (χ3v) is 5.41. The van der Waals surface area contributed by atoms with Crippen LogP contribution in [0.2, 0.25) is 0 Å². The highest BCUT2D eigenvalue weighted by atomic mass is 14.0. The zero-order valence-corrected chi connectivity index (χ0v) is 18.1. The van der Waals surface area contributed by atoms with Crippen LogP contribution in [-0.4, -0.2) is 0 Å². The van der Waals surface area contributed by atoms with Crippen molar-refractivity contribution in [1.29, 1.82) is 0 Å². The first kappa shape index (κ1) is 25.7. The van der Waals surface area contributed by atoms with Crippen molar-refractivity contribution >= 4 is 0 Å². The molecule has 0 aromatic heterocycles. The predicted molar refractivity (Wildman–Crippen MR) is 121 cm³/mol. The first-order valence-corrected chi connectivity index (χ1v) is 12.1. The Hall–Kier alpha value is -0.260. The number of rotatable bonds is 22. The molecule has 154 valence electrons. The lowest BCUT2D eigenvalue weighted by molar-refractivity contribution is 0.553. The summed E-state index contributed by atoms with van der Waals surface area (Å²) in [6.45, 7) is 7.81. The molecule has 2 radical (unpaired) electrons. The van der Waals surface area contributed by atoms with E-state index in [2.05, 4.69) is 26.0 Å². The first-order valence-electron chi connectivity index (χ1n) is 12.1. The van der Waals surface area contributed by atoms with Crippen molar-refractivity contribution in [3.05, 3.63) is 26.0 Å². The predicted octanol–water partition coefficient (Wildman–Crippen LogP) is 9.79. The molecule has 0 amide bonds. The van der Waals surface area contributed by atoms with E-state index < -0.39 is 0 Å². The second-order valence-electron chi connectivity index (χ2n) is 8.12. The molecule has 0 spiro atoms. The lowest BCUT2D eigenvalue weighted by atomic mass is 10.0. The molecule has 0 aromatic carbocycles. The molecule has 0 heterocycles. The van der Waals surface area contributed by atoms with Crippen LogP contribution in [0.1, 0.15) is 141 Å². The van der Waals surface area contributed by atoms with Crippen molar-refractivity contribution in [2.45, 2.75) is 141 Å². The summed E-state index contributed by atoms with van der Waals surface area (Å²) in [4.78, 5) is 0. The van der Waals surface area contributed by atoms with Gasteiger partial charge in [0.15, 0.2) is 0 Å². The van der Waals surface area contributed by atoms with E-state index >= 15 is 0 Å². The minimum atomic E-state index is 1.11. The number of hydrogen-bond acceptors (Lipinski definition) is 0. The lowest BCUT2D eigenvalue weighted by Crippen LogP contribution is -1.82. The van der Waals surface area contributed by atoms with Crippen LogP contribution >= 0.6 is 0 Å². The van der Waals surface area contributed by atoms with E-state index in [4.69, 9.17) is 0 Å². The minimum absolute atomic E-state index is 1.11. The van der Waals surface area contributed by atoms with Crippen LogP contribution in [0.3, 0.4) is 0 Å². The molecule has 26 heavy (non-hydrogen) atoms. The standard InChI is InChI=1S/C26H50/c1-3-5-7-9-11-13-15-17-19-21-23-25-26-24-22-20-18-16-14-12-10-8-6-4-2/h23,25H,1-22,24,26H2. The van der Waals surface area contributed by atoms with E-state index in [1.165, 1.54) is 128 Å². The maximum Gasteiger partial charge on any atom is -0.0351 e. The Kier molecular flexibility index (Phi) is 24.5. The Labute approximate surface area is 167 Å². The topological polar surface area (TPSA) is 0 Å². The van der Waals surface area contributed by atoms with E-state index in [0.717, 1.165) is 12.8 Å². The Balaban J connectivity index is 3.04. The van der Waals surface area contributed by atoms with Gasteiger partial charge in [0.2, 0.25) is 0 Å². The zero-order valence-electron chi connectivity index (χ0n) is 18.1. The van der Waals surface area contributed by atoms with Crippen molar-refractivity contribution in [1.82, 2.24) is 0 Å². The second-order valence-corrected chi connectivity index (χ2v) is 8.12. The summed E-state index contributed by atoms with van der Waals surface area (Å²) in [7, 11) is 0. The smallest absolute Gasteiger partial charge is 0.0351 e. The fourth-order valence-electron chi connectivity index (χ4n) is 3.59. The van der Waals surface area contributed by atoms with Crippen molar-refractivity contribution in [2.24, 2.45) is 0 Å². The van der Waals surface area contributed by atoms with Gasteiger partial charge in [0.1, 0.15) is 0 Å². The monoisotopic (exact) mass is 362 g/mol. The van der Waals surface area contributed by atoms with Gasteiger partial charge >= 0.3 is 0 Å². The summed E-state index contributed by atoms with van der Waals surface area (Å²) in [5.41, 5.74) is 0. The Morgan fingerprint density at radius 3 is 0.808 bits per heavy atom. The maximum absolute atomic E-state index is 3.90. The van der Waals surface area contributed by atoms with Crippen molar-refractivity contribution in [2.75, 3.05) is 0 Å². The first-order chi connectivity index (χ1) is 12.9. The highest BCUT2D eigenvalue weighted by Crippen LogP contribution is 2.13. The minimum Gasteiger partial charge on any atom is -0.0885 e. The number of unbranched alkanes of at least 4 members (excludes halogenated alkanes) is 20. The molecule has 0 heteroatoms. The molecule has 0 saturated heterocycles. The summed E-state index contributed by atoms with van der Waals surface area (Å²) in [6, 6.07) is 0. The highest BCUT2D eigenvalue weighted by Gasteiger charge is 1.93. The summed E-state index contributed by atoms with van der Waals surface area (Å²) in [6.07, 6.45) is 35.2. The van der Waals surface area contributed by atoms with E-state index in [-0.39, 0.29) is 0 Å². The molecule has 0 aromatic rings. The van der Waals surface area contributed by atoms with Gasteiger partial charge < -0.3 is 0 Å². The van der Waals surface area contributed by atoms with Crippen LogP contribution in [0.5, 0.6) is 0 Å². The third-order valence-electron chi connectivity index (χ3n) is 5.41. The van der Waals surface area contributed by atoms with E-state index in [1.807, 2.05) is 0 Å². The van der Waals surface area contributed by atoms with Crippen molar-refractivity contribution in [3.8, 4) is 0 Å². The Morgan fingerprint density at radius 1 is 0.308 bits per heavy atom. The van der Waals surface area contributed by atoms with Crippen molar-refractivity contribution < 1.29 is 0 Å². The lowest BCUT2D eigenvalue weighted by Gasteiger charge is -2.02. The molecule has 0 aliphatic heterocycles. The van der Waals surface area contributed by atoms with Gasteiger partial charge in [-0.25, -0.2) is 0 Å². The number of hydrogen-bond donors (Lipinski definition) is 0. The van der Waals surface area contributed by atoms with Gasteiger partial charge in [-0.1, -0.05) is 142 Å². The summed E-state index contributed by atoms with van der Waals surface area (Å²) < 4.78 is 0. The Bertz CT molecular complexity index is 253. The van der Waals surface area contributed by atoms with Crippen LogP contribution in [0.4, 0.5) is 0 Å². The Morgan fingerprint density at radius 2 is 0.538 bits per heavy atom. The van der Waals surface area contributed by atoms with Gasteiger partial charge in [-0.3, -0.25) is 0 Å². The summed E-state index contributed by atoms with van der Waals surface area (Å²) in [5, 5.41) is 0. The molecular weight excluding hydrogens is 312 g/mol. The van der Waals surface area contributed by atoms with E-state index in [1.54, 1.807) is 0 Å². The van der Waals surface area contributed by atoms with Crippen LogP contribution in [0.25, 0.3) is 0 Å². The maximum atomic E-state index is 3.90. The third kappa shape index (κ3) is 23.7. The highest BCUT2D eigenvalue weighted by molar-refractivity contribution is 4.81. The normalized spacial score (nSPS) is 11.6. The molecule has 0 aliphatic carbocycles. The molecule has 0 rings (SSSR count). The van der Waals surface area contributed by atoms with Gasteiger partial charge in [0, 0.05) is 0 Å². The van der Waals surface area contributed by atoms with Crippen LogP contribution in [-0.2, 0) is 0 Å². The summed E-state index contributed by atoms with van der Waals surface area (Å²) in [5.74, 6) is 0. The fourth-order valence-corrected chi connectivity index (χ4v) is 3.59. The fraction of sp³-hybridized carbons (Fsp3) is 0.846. The molecule has 0 N–H and O–H groups in total. The zero-order chi connectivity index (χ0) is 19.0. The van der Waals surface area contributed by atoms with E-state index in [9.17, 15) is 0 Å². The van der Waals surface area contributed by atoms with Gasteiger partial charge in [-0.15, -0.1) is 0 Å². The molecule has 0 bridgehead atoms. The van der Waals surface area contributed by atoms with Crippen molar-refractivity contribution in [3.63, 3.8) is 0 Å². The van der Waals surface area contributed by atoms with Crippen LogP contribution < -0.4 is 0 Å². The van der Waals surface area contributed by atoms with Crippen LogP contribution in [0.15, 0.2) is 12.2 Å². The molecule has 0 fully saturated rings. The van der Waals surface area contributed by atoms with Gasteiger partial charge in [-0.2, -0.15) is 0 Å². The quantitative estimate of drug-likeness (QED) is 0.133. The molecule has 0 aliphatic rings. The molecule has 0 saturated carbocycles. The average Bonchev–Trinajstić information content (AvgIpc) is 2.66. The van der Waals surface area contributed by atoms with Gasteiger partial charge in [0.25, 0.3) is 0 Å². The molecule has 0 unspecified atom stereocenters. The van der Waals surface area contributed by atoms with Gasteiger partial charge in [0.05, 0.1) is 0 Å². The summed E-state index contributed by atoms with van der Waals surface area (Å²) >= 11 is 0. The van der Waals surface area contributed by atoms with E-state index in [0.29, 0.717) is 0 Å². The van der Waals surface area contributed by atoms with Gasteiger partial charge in [-0.05, 0) is 25.7 Å². The second kappa shape index (κ2) is 24.7. The number of allylic oxidation sites excluding steroid dienone is 2. The SMILES string of the molecule is [CH2]CCCCCCCCCCC=CCCCCCCCCCCCC[CH2]. The largest absolute Gasteiger partial charge is 0.0885 e. The average molecular weight is 363 g/mol. The molecule has 0 nitrogen and oxygen atoms in total. The molecular formula is C26H50. The van der Waals surface area contributed by atoms with Crippen LogP contribution in [0, 0.1) is 13.8 Å². The molecule has 0 atom stereocenters.